The zero-order valence-electron chi connectivity index (χ0n) is 15.1. The first-order chi connectivity index (χ1) is 13.8. The molecular formula is C26H16ClN. The molecule has 0 saturated heterocycles. The summed E-state index contributed by atoms with van der Waals surface area (Å²) in [5.74, 6) is 0. The summed E-state index contributed by atoms with van der Waals surface area (Å²) in [5.41, 5.74) is 3.48. The van der Waals surface area contributed by atoms with Crippen LogP contribution in [0.15, 0.2) is 97.1 Å². The monoisotopic (exact) mass is 377 g/mol. The second kappa shape index (κ2) is 5.85. The molecule has 1 nitrogen and oxygen atoms in total. The van der Waals surface area contributed by atoms with E-state index in [2.05, 4.69) is 95.6 Å². The first-order valence-corrected chi connectivity index (χ1v) is 9.79. The van der Waals surface area contributed by atoms with Crippen molar-refractivity contribution in [1.82, 2.24) is 4.57 Å². The van der Waals surface area contributed by atoms with E-state index in [1.807, 2.05) is 6.07 Å². The average molecular weight is 378 g/mol. The van der Waals surface area contributed by atoms with E-state index < -0.39 is 0 Å². The van der Waals surface area contributed by atoms with Gasteiger partial charge >= 0.3 is 0 Å². The van der Waals surface area contributed by atoms with E-state index in [0.717, 1.165) is 21.6 Å². The second-order valence-corrected chi connectivity index (χ2v) is 7.59. The average Bonchev–Trinajstić information content (AvgIpc) is 3.07. The van der Waals surface area contributed by atoms with Gasteiger partial charge in [0.05, 0.1) is 16.1 Å². The molecule has 1 heterocycles. The number of benzene rings is 5. The number of hydrogen-bond donors (Lipinski definition) is 0. The Hall–Kier alpha value is -3.29. The summed E-state index contributed by atoms with van der Waals surface area (Å²) in [4.78, 5) is 0. The lowest BCUT2D eigenvalue weighted by Gasteiger charge is -2.10. The minimum Gasteiger partial charge on any atom is -0.309 e. The van der Waals surface area contributed by atoms with E-state index in [-0.39, 0.29) is 0 Å². The molecule has 0 N–H and O–H groups in total. The summed E-state index contributed by atoms with van der Waals surface area (Å²) >= 11 is 6.70. The van der Waals surface area contributed by atoms with Gasteiger partial charge in [0, 0.05) is 21.8 Å². The highest BCUT2D eigenvalue weighted by Gasteiger charge is 2.16. The predicted molar refractivity (Wildman–Crippen MR) is 121 cm³/mol. The molecular weight excluding hydrogens is 362 g/mol. The van der Waals surface area contributed by atoms with Crippen molar-refractivity contribution >= 4 is 55.0 Å². The smallest absolute Gasteiger partial charge is 0.0562 e. The van der Waals surface area contributed by atoms with Crippen molar-refractivity contribution in [2.75, 3.05) is 0 Å². The Balaban J connectivity index is 1.83. The molecule has 0 spiro atoms. The van der Waals surface area contributed by atoms with Crippen molar-refractivity contribution in [2.45, 2.75) is 0 Å². The summed E-state index contributed by atoms with van der Waals surface area (Å²) in [6.45, 7) is 0. The van der Waals surface area contributed by atoms with Crippen molar-refractivity contribution < 1.29 is 0 Å². The van der Waals surface area contributed by atoms with Gasteiger partial charge in [-0.2, -0.15) is 0 Å². The van der Waals surface area contributed by atoms with Crippen LogP contribution in [0.2, 0.25) is 5.02 Å². The van der Waals surface area contributed by atoms with Gasteiger partial charge in [-0.3, -0.25) is 0 Å². The zero-order valence-corrected chi connectivity index (χ0v) is 15.8. The number of nitrogens with zero attached hydrogens (tertiary/aromatic N) is 1. The number of hydrogen-bond acceptors (Lipinski definition) is 0. The van der Waals surface area contributed by atoms with E-state index in [9.17, 15) is 0 Å². The normalized spacial score (nSPS) is 11.8. The van der Waals surface area contributed by atoms with Crippen LogP contribution in [0.4, 0.5) is 0 Å². The van der Waals surface area contributed by atoms with Gasteiger partial charge in [0.25, 0.3) is 0 Å². The first-order valence-electron chi connectivity index (χ1n) is 9.41. The van der Waals surface area contributed by atoms with Crippen LogP contribution in [0.1, 0.15) is 0 Å². The van der Waals surface area contributed by atoms with E-state index in [1.165, 1.54) is 32.4 Å². The molecule has 132 valence electrons. The predicted octanol–water partition coefficient (Wildman–Crippen LogP) is 7.74. The Kier molecular flexibility index (Phi) is 3.29. The van der Waals surface area contributed by atoms with Gasteiger partial charge in [-0.25, -0.2) is 0 Å². The van der Waals surface area contributed by atoms with E-state index in [4.69, 9.17) is 11.6 Å². The van der Waals surface area contributed by atoms with Crippen LogP contribution in [0.5, 0.6) is 0 Å². The molecule has 0 aliphatic heterocycles. The fourth-order valence-corrected chi connectivity index (χ4v) is 4.65. The maximum absolute atomic E-state index is 6.70. The van der Waals surface area contributed by atoms with Gasteiger partial charge in [-0.1, -0.05) is 84.4 Å². The van der Waals surface area contributed by atoms with Crippen molar-refractivity contribution in [3.05, 3.63) is 102 Å². The molecule has 2 heteroatoms. The zero-order chi connectivity index (χ0) is 18.7. The van der Waals surface area contributed by atoms with Gasteiger partial charge < -0.3 is 4.57 Å². The van der Waals surface area contributed by atoms with Crippen LogP contribution in [0.25, 0.3) is 49.0 Å². The minimum atomic E-state index is 0.785. The van der Waals surface area contributed by atoms with Crippen LogP contribution in [0, 0.1) is 0 Å². The molecule has 0 aliphatic carbocycles. The van der Waals surface area contributed by atoms with E-state index in [1.54, 1.807) is 0 Å². The minimum absolute atomic E-state index is 0.785. The largest absolute Gasteiger partial charge is 0.309 e. The lowest BCUT2D eigenvalue weighted by Crippen LogP contribution is -1.94. The lowest BCUT2D eigenvalue weighted by molar-refractivity contribution is 1.19. The molecule has 0 saturated carbocycles. The summed E-state index contributed by atoms with van der Waals surface area (Å²) in [5, 5.41) is 8.06. The standard InChI is InChI=1S/C26H16ClN/c27-23-16-25-26(21-10-4-3-9-20(21)23)22-11-5-6-12-24(22)28(25)19-14-13-17-7-1-2-8-18(17)15-19/h1-16H. The maximum atomic E-state index is 6.70. The van der Waals surface area contributed by atoms with Gasteiger partial charge in [0.15, 0.2) is 0 Å². The van der Waals surface area contributed by atoms with Gasteiger partial charge in [-0.15, -0.1) is 0 Å². The molecule has 0 fully saturated rings. The molecule has 5 aromatic carbocycles. The molecule has 0 radical (unpaired) electrons. The van der Waals surface area contributed by atoms with Crippen molar-refractivity contribution in [1.29, 1.82) is 0 Å². The number of para-hydroxylation sites is 1. The Bertz CT molecular complexity index is 1520. The quantitative estimate of drug-likeness (QED) is 0.276. The van der Waals surface area contributed by atoms with Crippen molar-refractivity contribution in [2.24, 2.45) is 0 Å². The SMILES string of the molecule is Clc1cc2c(c3ccccc13)c1ccccc1n2-c1ccc2ccccc2c1. The molecule has 28 heavy (non-hydrogen) atoms. The van der Waals surface area contributed by atoms with Crippen LogP contribution in [-0.2, 0) is 0 Å². The molecule has 0 amide bonds. The Morgan fingerprint density at radius 1 is 0.536 bits per heavy atom. The van der Waals surface area contributed by atoms with Crippen LogP contribution in [0.3, 0.4) is 0 Å². The summed E-state index contributed by atoms with van der Waals surface area (Å²) < 4.78 is 2.33. The summed E-state index contributed by atoms with van der Waals surface area (Å²) in [7, 11) is 0. The molecule has 6 aromatic rings. The molecule has 1 aromatic heterocycles. The number of aromatic nitrogens is 1. The molecule has 0 atom stereocenters. The number of fused-ring (bicyclic) bond motifs is 6. The van der Waals surface area contributed by atoms with Gasteiger partial charge in [-0.05, 0) is 40.4 Å². The second-order valence-electron chi connectivity index (χ2n) is 7.18. The number of rotatable bonds is 1. The Morgan fingerprint density at radius 2 is 1.21 bits per heavy atom. The summed E-state index contributed by atoms with van der Waals surface area (Å²) in [6, 6.07) is 34.2. The molecule has 0 bridgehead atoms. The highest BCUT2D eigenvalue weighted by molar-refractivity contribution is 6.38. The summed E-state index contributed by atoms with van der Waals surface area (Å²) in [6.07, 6.45) is 0. The molecule has 0 aliphatic rings. The molecule has 0 unspecified atom stereocenters. The maximum Gasteiger partial charge on any atom is 0.0562 e. The third-order valence-electron chi connectivity index (χ3n) is 5.62. The van der Waals surface area contributed by atoms with Crippen LogP contribution in [-0.4, -0.2) is 4.57 Å². The van der Waals surface area contributed by atoms with Crippen LogP contribution < -0.4 is 0 Å². The van der Waals surface area contributed by atoms with E-state index >= 15 is 0 Å². The third-order valence-corrected chi connectivity index (χ3v) is 5.93. The topological polar surface area (TPSA) is 4.93 Å². The van der Waals surface area contributed by atoms with Crippen LogP contribution >= 0.6 is 11.6 Å². The first kappa shape index (κ1) is 15.7. The Labute approximate surface area is 167 Å². The fourth-order valence-electron chi connectivity index (χ4n) is 4.38. The fraction of sp³-hybridized carbons (Fsp3) is 0. The third kappa shape index (κ3) is 2.14. The van der Waals surface area contributed by atoms with Gasteiger partial charge in [0.2, 0.25) is 0 Å². The van der Waals surface area contributed by atoms with E-state index in [0.29, 0.717) is 0 Å². The van der Waals surface area contributed by atoms with Gasteiger partial charge in [0.1, 0.15) is 0 Å². The molecule has 6 rings (SSSR count). The van der Waals surface area contributed by atoms with Crippen molar-refractivity contribution in [3.63, 3.8) is 0 Å². The lowest BCUT2D eigenvalue weighted by atomic mass is 10.0. The number of halogens is 1. The highest BCUT2D eigenvalue weighted by atomic mass is 35.5. The highest BCUT2D eigenvalue weighted by Crippen LogP contribution is 2.39. The van der Waals surface area contributed by atoms with Crippen molar-refractivity contribution in [3.8, 4) is 5.69 Å². The Morgan fingerprint density at radius 3 is 2.07 bits per heavy atom.